The largest absolute Gasteiger partial charge is 0.462 e. The van der Waals surface area contributed by atoms with E-state index < -0.39 is 0 Å². The number of fused-ring (bicyclic) bond motifs is 1. The van der Waals surface area contributed by atoms with Crippen LogP contribution < -0.4 is 4.90 Å². The van der Waals surface area contributed by atoms with Crippen molar-refractivity contribution >= 4 is 23.6 Å². The fourth-order valence-corrected chi connectivity index (χ4v) is 4.31. The average molecular weight is 393 g/mol. The Hall–Kier alpha value is -2.62. The van der Waals surface area contributed by atoms with Gasteiger partial charge in [-0.1, -0.05) is 26.0 Å². The molecular formula is C25H32N2O2. The van der Waals surface area contributed by atoms with Crippen molar-refractivity contribution in [1.82, 2.24) is 0 Å². The number of hydrogen-bond donors (Lipinski definition) is 0. The van der Waals surface area contributed by atoms with Crippen LogP contribution in [-0.2, 0) is 4.74 Å². The van der Waals surface area contributed by atoms with Crippen molar-refractivity contribution in [2.24, 2.45) is 4.99 Å². The molecule has 0 saturated carbocycles. The van der Waals surface area contributed by atoms with E-state index in [0.717, 1.165) is 30.6 Å². The monoisotopic (exact) mass is 392 g/mol. The Morgan fingerprint density at radius 3 is 2.76 bits per heavy atom. The number of ether oxygens (including phenoxy) is 1. The van der Waals surface area contributed by atoms with Crippen LogP contribution in [0.25, 0.3) is 0 Å². The van der Waals surface area contributed by atoms with Gasteiger partial charge in [0.1, 0.15) is 0 Å². The molecule has 0 N–H and O–H groups in total. The fourth-order valence-electron chi connectivity index (χ4n) is 4.31. The number of aliphatic imine (C=N–C) groups is 1. The van der Waals surface area contributed by atoms with Crippen molar-refractivity contribution in [2.75, 3.05) is 18.1 Å². The molecule has 0 radical (unpaired) electrons. The van der Waals surface area contributed by atoms with E-state index in [9.17, 15) is 4.79 Å². The molecule has 4 nitrogen and oxygen atoms in total. The third-order valence-electron chi connectivity index (χ3n) is 5.58. The average Bonchev–Trinajstić information content (AvgIpc) is 2.69. The van der Waals surface area contributed by atoms with Crippen molar-refractivity contribution in [3.05, 3.63) is 59.2 Å². The third-order valence-corrected chi connectivity index (χ3v) is 5.58. The van der Waals surface area contributed by atoms with Crippen LogP contribution in [0.1, 0.15) is 74.9 Å². The topological polar surface area (TPSA) is 41.9 Å². The summed E-state index contributed by atoms with van der Waals surface area (Å²) in [5.74, 6) is 0.194. The van der Waals surface area contributed by atoms with E-state index in [4.69, 9.17) is 4.74 Å². The molecule has 0 bridgehead atoms. The molecule has 0 saturated heterocycles. The van der Waals surface area contributed by atoms with Gasteiger partial charge in [0.25, 0.3) is 0 Å². The first-order chi connectivity index (χ1) is 13.9. The van der Waals surface area contributed by atoms with Gasteiger partial charge in [0.2, 0.25) is 0 Å². The zero-order valence-corrected chi connectivity index (χ0v) is 18.2. The molecule has 154 valence electrons. The van der Waals surface area contributed by atoms with Gasteiger partial charge in [-0.25, -0.2) is 4.79 Å². The van der Waals surface area contributed by atoms with Crippen molar-refractivity contribution in [3.63, 3.8) is 0 Å². The molecule has 0 fully saturated rings. The van der Waals surface area contributed by atoms with Gasteiger partial charge in [-0.15, -0.1) is 0 Å². The Balaban J connectivity index is 1.86. The van der Waals surface area contributed by atoms with E-state index in [1.54, 1.807) is 19.1 Å². The van der Waals surface area contributed by atoms with Crippen LogP contribution in [0.15, 0.2) is 47.5 Å². The second-order valence-electron chi connectivity index (χ2n) is 8.42. The van der Waals surface area contributed by atoms with Crippen LogP contribution in [0.4, 0.5) is 11.4 Å². The Morgan fingerprint density at radius 1 is 1.24 bits per heavy atom. The van der Waals surface area contributed by atoms with Crippen LogP contribution in [-0.4, -0.2) is 30.9 Å². The van der Waals surface area contributed by atoms with Gasteiger partial charge < -0.3 is 9.64 Å². The zero-order chi connectivity index (χ0) is 21.0. The van der Waals surface area contributed by atoms with E-state index >= 15 is 0 Å². The first-order valence-electron chi connectivity index (χ1n) is 10.6. The van der Waals surface area contributed by atoms with E-state index in [1.807, 2.05) is 18.3 Å². The van der Waals surface area contributed by atoms with Gasteiger partial charge in [0.05, 0.1) is 17.9 Å². The molecular weight excluding hydrogens is 360 g/mol. The van der Waals surface area contributed by atoms with Crippen molar-refractivity contribution in [1.29, 1.82) is 0 Å². The maximum absolute atomic E-state index is 11.9. The van der Waals surface area contributed by atoms with Crippen molar-refractivity contribution in [3.8, 4) is 0 Å². The lowest BCUT2D eigenvalue weighted by molar-refractivity contribution is 0.0526. The quantitative estimate of drug-likeness (QED) is 0.439. The van der Waals surface area contributed by atoms with E-state index in [0.29, 0.717) is 18.1 Å². The van der Waals surface area contributed by atoms with Crippen molar-refractivity contribution < 1.29 is 9.53 Å². The summed E-state index contributed by atoms with van der Waals surface area (Å²) in [6, 6.07) is 13.9. The van der Waals surface area contributed by atoms with Gasteiger partial charge in [0.15, 0.2) is 0 Å². The molecule has 1 unspecified atom stereocenters. The Bertz CT molecular complexity index is 901. The predicted octanol–water partition coefficient (Wildman–Crippen LogP) is 6.12. The lowest BCUT2D eigenvalue weighted by atomic mass is 9.79. The predicted molar refractivity (Wildman–Crippen MR) is 121 cm³/mol. The molecule has 2 aromatic carbocycles. The maximum atomic E-state index is 11.9. The number of rotatable bonds is 6. The molecule has 2 aromatic rings. The number of carbonyl (C=O) groups is 1. The van der Waals surface area contributed by atoms with Gasteiger partial charge in [-0.05, 0) is 81.0 Å². The highest BCUT2D eigenvalue weighted by Crippen LogP contribution is 2.43. The molecule has 3 rings (SSSR count). The molecule has 1 heterocycles. The van der Waals surface area contributed by atoms with E-state index in [1.165, 1.54) is 11.3 Å². The first kappa shape index (κ1) is 21.1. The molecule has 0 aliphatic carbocycles. The summed E-state index contributed by atoms with van der Waals surface area (Å²) in [7, 11) is 0. The summed E-state index contributed by atoms with van der Waals surface area (Å²) in [4.78, 5) is 19.1. The number of carbonyl (C=O) groups excluding carboxylic acids is 1. The summed E-state index contributed by atoms with van der Waals surface area (Å²) in [6.07, 6.45) is 4.15. The first-order valence-corrected chi connectivity index (χ1v) is 10.6. The standard InChI is InChI=1S/C25H32N2O2/c1-6-13-27-23-12-11-19(14-22(23)18(3)16-25(27,4)5)17-26-21-10-8-9-20(15-21)24(28)29-7-2/h8-12,14-15,17-18H,6-7,13,16H2,1-5H3. The highest BCUT2D eigenvalue weighted by Gasteiger charge is 2.35. The number of nitrogens with zero attached hydrogens (tertiary/aromatic N) is 2. The highest BCUT2D eigenvalue weighted by atomic mass is 16.5. The van der Waals surface area contributed by atoms with Crippen LogP contribution in [0.5, 0.6) is 0 Å². The van der Waals surface area contributed by atoms with Gasteiger partial charge >= 0.3 is 5.97 Å². The van der Waals surface area contributed by atoms with Crippen LogP contribution in [0.3, 0.4) is 0 Å². The maximum Gasteiger partial charge on any atom is 0.338 e. The van der Waals surface area contributed by atoms with E-state index in [2.05, 4.69) is 55.8 Å². The Morgan fingerprint density at radius 2 is 2.03 bits per heavy atom. The van der Waals surface area contributed by atoms with E-state index in [-0.39, 0.29) is 11.5 Å². The number of esters is 1. The van der Waals surface area contributed by atoms with Gasteiger partial charge in [-0.3, -0.25) is 4.99 Å². The fraction of sp³-hybridized carbons (Fsp3) is 0.440. The normalized spacial score (nSPS) is 18.0. The Kier molecular flexibility index (Phi) is 6.41. The minimum absolute atomic E-state index is 0.172. The van der Waals surface area contributed by atoms with Crippen LogP contribution in [0.2, 0.25) is 0 Å². The molecule has 0 aromatic heterocycles. The summed E-state index contributed by atoms with van der Waals surface area (Å²) in [6.45, 7) is 12.5. The lowest BCUT2D eigenvalue weighted by Gasteiger charge is -2.47. The summed E-state index contributed by atoms with van der Waals surface area (Å²) < 4.78 is 5.07. The molecule has 1 aliphatic rings. The minimum atomic E-state index is -0.314. The van der Waals surface area contributed by atoms with Crippen LogP contribution >= 0.6 is 0 Å². The van der Waals surface area contributed by atoms with Crippen molar-refractivity contribution in [2.45, 2.75) is 58.9 Å². The number of benzene rings is 2. The molecule has 1 aliphatic heterocycles. The second kappa shape index (κ2) is 8.81. The summed E-state index contributed by atoms with van der Waals surface area (Å²) >= 11 is 0. The summed E-state index contributed by atoms with van der Waals surface area (Å²) in [5.41, 5.74) is 5.26. The third kappa shape index (κ3) is 4.69. The van der Waals surface area contributed by atoms with Gasteiger partial charge in [0, 0.05) is 24.0 Å². The molecule has 29 heavy (non-hydrogen) atoms. The molecule has 0 spiro atoms. The van der Waals surface area contributed by atoms with Crippen LogP contribution in [0, 0.1) is 0 Å². The summed E-state index contributed by atoms with van der Waals surface area (Å²) in [5, 5.41) is 0. The SMILES string of the molecule is CCCN1c2ccc(C=Nc3cccc(C(=O)OCC)c3)cc2C(C)CC1(C)C. The molecule has 4 heteroatoms. The Labute approximate surface area is 174 Å². The lowest BCUT2D eigenvalue weighted by Crippen LogP contribution is -2.48. The number of hydrogen-bond acceptors (Lipinski definition) is 4. The highest BCUT2D eigenvalue weighted by molar-refractivity contribution is 5.91. The van der Waals surface area contributed by atoms with Gasteiger partial charge in [-0.2, -0.15) is 0 Å². The zero-order valence-electron chi connectivity index (χ0n) is 18.2. The second-order valence-corrected chi connectivity index (χ2v) is 8.42. The smallest absolute Gasteiger partial charge is 0.338 e. The molecule has 0 amide bonds. The minimum Gasteiger partial charge on any atom is -0.462 e. The molecule has 1 atom stereocenters. The number of anilines is 1.